The lowest BCUT2D eigenvalue weighted by Crippen LogP contribution is -2.34. The van der Waals surface area contributed by atoms with Gasteiger partial charge in [0, 0.05) is 20.0 Å². The minimum Gasteiger partial charge on any atom is -0.342 e. The Morgan fingerprint density at radius 3 is 2.16 bits per heavy atom. The molecule has 4 nitrogen and oxygen atoms in total. The first-order chi connectivity index (χ1) is 11.9. The van der Waals surface area contributed by atoms with E-state index in [1.54, 1.807) is 26.0 Å². The van der Waals surface area contributed by atoms with E-state index >= 15 is 0 Å². The molecule has 0 saturated carbocycles. The highest BCUT2D eigenvalue weighted by Crippen LogP contribution is 2.25. The summed E-state index contributed by atoms with van der Waals surface area (Å²) in [7, 11) is 0. The molecule has 4 heteroatoms. The predicted octanol–water partition coefficient (Wildman–Crippen LogP) is 4.29. The maximum atomic E-state index is 11.3. The molecule has 1 saturated heterocycles. The van der Waals surface area contributed by atoms with E-state index < -0.39 is 0 Å². The zero-order valence-corrected chi connectivity index (χ0v) is 15.7. The van der Waals surface area contributed by atoms with Crippen LogP contribution in [0, 0.1) is 11.3 Å². The molecule has 0 bridgehead atoms. The molecule has 134 valence electrons. The van der Waals surface area contributed by atoms with Crippen molar-refractivity contribution in [1.82, 2.24) is 4.90 Å². The van der Waals surface area contributed by atoms with Crippen LogP contribution in [0.3, 0.4) is 0 Å². The van der Waals surface area contributed by atoms with Crippen LogP contribution in [0.25, 0.3) is 0 Å². The summed E-state index contributed by atoms with van der Waals surface area (Å²) in [5, 5.41) is 9.38. The lowest BCUT2D eigenvalue weighted by molar-refractivity contribution is -0.129. The normalized spacial score (nSPS) is 15.2. The zero-order valence-electron chi connectivity index (χ0n) is 15.7. The number of nitrogens with zero attached hydrogens (tertiary/aromatic N) is 2. The second-order valence-corrected chi connectivity index (χ2v) is 5.60. The Balaban J connectivity index is 0.000000823. The molecule has 0 aromatic carbocycles. The van der Waals surface area contributed by atoms with Crippen molar-refractivity contribution < 1.29 is 9.59 Å². The summed E-state index contributed by atoms with van der Waals surface area (Å²) in [4.78, 5) is 22.8. The van der Waals surface area contributed by atoms with Gasteiger partial charge in [-0.1, -0.05) is 37.0 Å². The van der Waals surface area contributed by atoms with Gasteiger partial charge in [0.25, 0.3) is 0 Å². The lowest BCUT2D eigenvalue weighted by atomic mass is 9.93. The van der Waals surface area contributed by atoms with E-state index in [0.717, 1.165) is 41.4 Å². The van der Waals surface area contributed by atoms with Crippen molar-refractivity contribution in [2.75, 3.05) is 13.1 Å². The molecule has 1 aliphatic heterocycles. The summed E-state index contributed by atoms with van der Waals surface area (Å²) in [6.07, 6.45) is 11.5. The second kappa shape index (κ2) is 12.7. The quantitative estimate of drug-likeness (QED) is 0.332. The van der Waals surface area contributed by atoms with E-state index in [1.165, 1.54) is 0 Å². The van der Waals surface area contributed by atoms with E-state index in [1.807, 2.05) is 37.0 Å². The van der Waals surface area contributed by atoms with Gasteiger partial charge in [0.05, 0.1) is 11.6 Å². The molecule has 0 aromatic heterocycles. The average Bonchev–Trinajstić information content (AvgIpc) is 2.63. The van der Waals surface area contributed by atoms with E-state index in [0.29, 0.717) is 13.1 Å². The molecule has 0 aromatic rings. The first-order valence-corrected chi connectivity index (χ1v) is 8.36. The van der Waals surface area contributed by atoms with Crippen molar-refractivity contribution >= 4 is 12.2 Å². The summed E-state index contributed by atoms with van der Waals surface area (Å²) in [5.74, 6) is 0.105. The van der Waals surface area contributed by atoms with Gasteiger partial charge < -0.3 is 4.90 Å². The monoisotopic (exact) mass is 340 g/mol. The standard InChI is InChI=1S/C16H20N2O.C5H8O/c1-4-6-14(7-5-2)16(12-17)15-8-10-18(11-9-15)13(3)19;1-3-5(2)4-6/h4-7H,1,8-11H2,2-3H3;3-4H,1-2H3/b7-5-,14-6+;5-3+. The van der Waals surface area contributed by atoms with Gasteiger partial charge >= 0.3 is 0 Å². The number of nitriles is 1. The zero-order chi connectivity index (χ0) is 19.2. The van der Waals surface area contributed by atoms with Crippen molar-refractivity contribution in [1.29, 1.82) is 5.26 Å². The highest BCUT2D eigenvalue weighted by atomic mass is 16.2. The van der Waals surface area contributed by atoms with Gasteiger partial charge in [0.2, 0.25) is 5.91 Å². The van der Waals surface area contributed by atoms with E-state index in [-0.39, 0.29) is 5.91 Å². The third-order valence-electron chi connectivity index (χ3n) is 3.85. The molecule has 25 heavy (non-hydrogen) atoms. The molecule has 0 spiro atoms. The fraction of sp³-hybridized carbons (Fsp3) is 0.381. The fourth-order valence-corrected chi connectivity index (χ4v) is 2.29. The van der Waals surface area contributed by atoms with E-state index in [9.17, 15) is 14.9 Å². The Labute approximate surface area is 151 Å². The van der Waals surface area contributed by atoms with E-state index in [2.05, 4.69) is 12.6 Å². The summed E-state index contributed by atoms with van der Waals surface area (Å²) in [6, 6.07) is 2.29. The Bertz CT molecular complexity index is 633. The molecule has 1 aliphatic rings. The Morgan fingerprint density at radius 2 is 1.84 bits per heavy atom. The van der Waals surface area contributed by atoms with Gasteiger partial charge in [0.1, 0.15) is 6.29 Å². The molecule has 0 N–H and O–H groups in total. The van der Waals surface area contributed by atoms with Crippen molar-refractivity contribution in [2.45, 2.75) is 40.5 Å². The predicted molar refractivity (Wildman–Crippen MR) is 103 cm³/mol. The smallest absolute Gasteiger partial charge is 0.219 e. The third kappa shape index (κ3) is 8.12. The number of allylic oxidation sites excluding steroid dienone is 8. The summed E-state index contributed by atoms with van der Waals surface area (Å²) in [6.45, 7) is 12.2. The average molecular weight is 340 g/mol. The van der Waals surface area contributed by atoms with Crippen LogP contribution >= 0.6 is 0 Å². The van der Waals surface area contributed by atoms with E-state index in [4.69, 9.17) is 0 Å². The molecule has 1 fully saturated rings. The SMILES string of the molecule is C/C=C(\C)C=O.C=C/C=C(\C=C/C)C(C#N)=C1CCN(C(C)=O)CC1. The van der Waals surface area contributed by atoms with Crippen LogP contribution in [0.15, 0.2) is 59.3 Å². The highest BCUT2D eigenvalue weighted by molar-refractivity contribution is 5.73. The molecule has 0 unspecified atom stereocenters. The largest absolute Gasteiger partial charge is 0.342 e. The highest BCUT2D eigenvalue weighted by Gasteiger charge is 2.19. The summed E-state index contributed by atoms with van der Waals surface area (Å²) < 4.78 is 0. The summed E-state index contributed by atoms with van der Waals surface area (Å²) >= 11 is 0. The Morgan fingerprint density at radius 1 is 1.24 bits per heavy atom. The number of piperidine rings is 1. The second-order valence-electron chi connectivity index (χ2n) is 5.60. The molecule has 0 aliphatic carbocycles. The Kier molecular flexibility index (Phi) is 11.4. The molecule has 0 atom stereocenters. The van der Waals surface area contributed by atoms with Crippen molar-refractivity contribution in [3.8, 4) is 6.07 Å². The number of hydrogen-bond donors (Lipinski definition) is 0. The minimum absolute atomic E-state index is 0.105. The van der Waals surface area contributed by atoms with Gasteiger partial charge in [0.15, 0.2) is 0 Å². The maximum Gasteiger partial charge on any atom is 0.219 e. The van der Waals surface area contributed by atoms with Gasteiger partial charge in [-0.05, 0) is 50.3 Å². The van der Waals surface area contributed by atoms with Crippen LogP contribution in [-0.2, 0) is 9.59 Å². The van der Waals surface area contributed by atoms with Crippen molar-refractivity contribution in [3.63, 3.8) is 0 Å². The maximum absolute atomic E-state index is 11.3. The van der Waals surface area contributed by atoms with Crippen LogP contribution in [0.4, 0.5) is 0 Å². The summed E-state index contributed by atoms with van der Waals surface area (Å²) in [5.41, 5.74) is 3.54. The van der Waals surface area contributed by atoms with Gasteiger partial charge in [-0.15, -0.1) is 0 Å². The van der Waals surface area contributed by atoms with Crippen molar-refractivity contribution in [2.24, 2.45) is 0 Å². The number of carbonyl (C=O) groups excluding carboxylic acids is 2. The van der Waals surface area contributed by atoms with Crippen LogP contribution in [0.1, 0.15) is 40.5 Å². The minimum atomic E-state index is 0.105. The molecular weight excluding hydrogens is 312 g/mol. The van der Waals surface area contributed by atoms with Crippen LogP contribution in [-0.4, -0.2) is 30.2 Å². The molecule has 1 heterocycles. The molecule has 0 radical (unpaired) electrons. The first-order valence-electron chi connectivity index (χ1n) is 8.36. The van der Waals surface area contributed by atoms with Crippen LogP contribution < -0.4 is 0 Å². The number of likely N-dealkylation sites (tertiary alicyclic amines) is 1. The van der Waals surface area contributed by atoms with Gasteiger partial charge in [-0.3, -0.25) is 9.59 Å². The topological polar surface area (TPSA) is 61.2 Å². The van der Waals surface area contributed by atoms with Gasteiger partial charge in [-0.25, -0.2) is 0 Å². The van der Waals surface area contributed by atoms with Crippen LogP contribution in [0.5, 0.6) is 0 Å². The number of rotatable bonds is 4. The molecule has 1 amide bonds. The van der Waals surface area contributed by atoms with Gasteiger partial charge in [-0.2, -0.15) is 5.26 Å². The fourth-order valence-electron chi connectivity index (χ4n) is 2.29. The molecule has 1 rings (SSSR count). The first kappa shape index (κ1) is 22.3. The number of aldehydes is 1. The van der Waals surface area contributed by atoms with Crippen molar-refractivity contribution in [3.05, 3.63) is 59.3 Å². The number of amides is 1. The van der Waals surface area contributed by atoms with Crippen LogP contribution in [0.2, 0.25) is 0 Å². The lowest BCUT2D eigenvalue weighted by Gasteiger charge is -2.28. The number of hydrogen-bond acceptors (Lipinski definition) is 3. The molecular formula is C21H28N2O2. The Hall–Kier alpha value is -2.67. The third-order valence-corrected chi connectivity index (χ3v) is 3.85. The number of carbonyl (C=O) groups is 2.